The van der Waals surface area contributed by atoms with Crippen molar-refractivity contribution in [3.63, 3.8) is 0 Å². The highest BCUT2D eigenvalue weighted by atomic mass is 35.5. The molecular formula is C20H17ClN4O4. The highest BCUT2D eigenvalue weighted by molar-refractivity contribution is 6.31. The number of fused-ring (bicyclic) bond motifs is 1. The monoisotopic (exact) mass is 412 g/mol. The van der Waals surface area contributed by atoms with E-state index in [0.717, 1.165) is 0 Å². The molecule has 2 aliphatic heterocycles. The molecule has 8 nitrogen and oxygen atoms in total. The molecule has 148 valence electrons. The minimum Gasteiger partial charge on any atom is -0.346 e. The van der Waals surface area contributed by atoms with Gasteiger partial charge in [0, 0.05) is 30.3 Å². The maximum absolute atomic E-state index is 12.7. The summed E-state index contributed by atoms with van der Waals surface area (Å²) in [6, 6.07) is 7.52. The van der Waals surface area contributed by atoms with Crippen molar-refractivity contribution in [1.82, 2.24) is 20.5 Å². The summed E-state index contributed by atoms with van der Waals surface area (Å²) in [5, 5.41) is 5.49. The van der Waals surface area contributed by atoms with E-state index >= 15 is 0 Å². The lowest BCUT2D eigenvalue weighted by molar-refractivity contribution is -0.136. The van der Waals surface area contributed by atoms with Crippen molar-refractivity contribution in [3.05, 3.63) is 63.9 Å². The first-order valence-electron chi connectivity index (χ1n) is 9.09. The number of hydrogen-bond donors (Lipinski definition) is 2. The highest BCUT2D eigenvalue weighted by Crippen LogP contribution is 2.28. The first kappa shape index (κ1) is 19.1. The van der Waals surface area contributed by atoms with Gasteiger partial charge in [-0.25, -0.2) is 0 Å². The summed E-state index contributed by atoms with van der Waals surface area (Å²) in [6.07, 6.45) is 2.08. The first-order chi connectivity index (χ1) is 13.9. The van der Waals surface area contributed by atoms with E-state index in [0.29, 0.717) is 33.8 Å². The molecule has 1 unspecified atom stereocenters. The van der Waals surface area contributed by atoms with Crippen LogP contribution in [0.1, 0.15) is 44.8 Å². The number of imide groups is 1. The second kappa shape index (κ2) is 7.63. The number of rotatable bonds is 4. The van der Waals surface area contributed by atoms with E-state index in [2.05, 4.69) is 15.6 Å². The number of nitrogens with zero attached hydrogens (tertiary/aromatic N) is 2. The van der Waals surface area contributed by atoms with Crippen LogP contribution in [0, 0.1) is 0 Å². The zero-order chi connectivity index (χ0) is 20.5. The minimum atomic E-state index is -0.684. The largest absolute Gasteiger partial charge is 0.346 e. The molecule has 4 amide bonds. The van der Waals surface area contributed by atoms with Crippen LogP contribution in [0.5, 0.6) is 0 Å². The maximum atomic E-state index is 12.7. The Morgan fingerprint density at radius 1 is 1.28 bits per heavy atom. The Bertz CT molecular complexity index is 1040. The molecule has 2 N–H and O–H groups in total. The average molecular weight is 413 g/mol. The molecule has 2 aromatic rings. The van der Waals surface area contributed by atoms with Crippen molar-refractivity contribution >= 4 is 35.2 Å². The number of aromatic nitrogens is 1. The quantitative estimate of drug-likeness (QED) is 0.738. The van der Waals surface area contributed by atoms with Crippen LogP contribution in [0.4, 0.5) is 0 Å². The fourth-order valence-electron chi connectivity index (χ4n) is 3.53. The predicted molar refractivity (Wildman–Crippen MR) is 103 cm³/mol. The summed E-state index contributed by atoms with van der Waals surface area (Å²) in [5.41, 5.74) is 2.08. The maximum Gasteiger partial charge on any atom is 0.255 e. The topological polar surface area (TPSA) is 108 Å². The second-order valence-electron chi connectivity index (χ2n) is 6.89. The summed E-state index contributed by atoms with van der Waals surface area (Å²) in [7, 11) is 0. The van der Waals surface area contributed by atoms with Crippen LogP contribution in [0.15, 0.2) is 36.5 Å². The van der Waals surface area contributed by atoms with E-state index in [1.165, 1.54) is 4.90 Å². The molecule has 1 aromatic heterocycles. The van der Waals surface area contributed by atoms with Gasteiger partial charge in [0.15, 0.2) is 0 Å². The standard InChI is InChI=1S/C20H17ClN4O4/c21-14-2-1-7-22-15(14)9-23-18(27)11-3-4-13-12(8-11)10-25(20(13)29)16-5-6-17(26)24-19(16)28/h1-4,7-8,16H,5-6,9-10H2,(H,23,27)(H,24,26,28). The summed E-state index contributed by atoms with van der Waals surface area (Å²) in [4.78, 5) is 54.2. The van der Waals surface area contributed by atoms with Gasteiger partial charge < -0.3 is 10.2 Å². The zero-order valence-corrected chi connectivity index (χ0v) is 16.0. The number of halogens is 1. The molecule has 29 heavy (non-hydrogen) atoms. The average Bonchev–Trinajstić information content (AvgIpc) is 3.03. The van der Waals surface area contributed by atoms with Crippen LogP contribution in [-0.2, 0) is 22.7 Å². The van der Waals surface area contributed by atoms with Gasteiger partial charge in [0.1, 0.15) is 6.04 Å². The smallest absolute Gasteiger partial charge is 0.255 e. The van der Waals surface area contributed by atoms with Gasteiger partial charge in [-0.2, -0.15) is 0 Å². The molecule has 0 saturated carbocycles. The van der Waals surface area contributed by atoms with E-state index in [1.807, 2.05) is 0 Å². The number of carbonyl (C=O) groups excluding carboxylic acids is 4. The third kappa shape index (κ3) is 3.71. The summed E-state index contributed by atoms with van der Waals surface area (Å²) in [5.74, 6) is -1.39. The lowest BCUT2D eigenvalue weighted by atomic mass is 10.0. The van der Waals surface area contributed by atoms with Gasteiger partial charge in [0.2, 0.25) is 11.8 Å². The molecule has 1 fully saturated rings. The van der Waals surface area contributed by atoms with E-state index < -0.39 is 11.9 Å². The Kier molecular flexibility index (Phi) is 5.02. The van der Waals surface area contributed by atoms with E-state index in [9.17, 15) is 19.2 Å². The Morgan fingerprint density at radius 2 is 2.10 bits per heavy atom. The first-order valence-corrected chi connectivity index (χ1v) is 9.47. The van der Waals surface area contributed by atoms with Gasteiger partial charge in [-0.1, -0.05) is 11.6 Å². The molecule has 2 aliphatic rings. The number of pyridine rings is 1. The van der Waals surface area contributed by atoms with Crippen LogP contribution in [0.25, 0.3) is 0 Å². The van der Waals surface area contributed by atoms with Gasteiger partial charge in [-0.3, -0.25) is 29.5 Å². The third-order valence-corrected chi connectivity index (χ3v) is 5.38. The Labute approximate surface area is 171 Å². The third-order valence-electron chi connectivity index (χ3n) is 5.04. The molecular weight excluding hydrogens is 396 g/mol. The molecule has 1 atom stereocenters. The van der Waals surface area contributed by atoms with Crippen LogP contribution in [0.2, 0.25) is 5.02 Å². The van der Waals surface area contributed by atoms with Gasteiger partial charge in [0.05, 0.1) is 17.3 Å². The predicted octanol–water partition coefficient (Wildman–Crippen LogP) is 1.43. The van der Waals surface area contributed by atoms with Crippen LogP contribution < -0.4 is 10.6 Å². The number of amides is 4. The number of nitrogens with one attached hydrogen (secondary N) is 2. The van der Waals surface area contributed by atoms with Gasteiger partial charge in [-0.05, 0) is 42.3 Å². The molecule has 0 aliphatic carbocycles. The van der Waals surface area contributed by atoms with Crippen molar-refractivity contribution in [1.29, 1.82) is 0 Å². The summed E-state index contributed by atoms with van der Waals surface area (Å²) < 4.78 is 0. The highest BCUT2D eigenvalue weighted by Gasteiger charge is 2.39. The molecule has 9 heteroatoms. The van der Waals surface area contributed by atoms with Crippen LogP contribution in [-0.4, -0.2) is 39.6 Å². The van der Waals surface area contributed by atoms with Crippen LogP contribution >= 0.6 is 11.6 Å². The van der Waals surface area contributed by atoms with Crippen molar-refractivity contribution in [2.75, 3.05) is 0 Å². The molecule has 3 heterocycles. The Morgan fingerprint density at radius 3 is 2.86 bits per heavy atom. The SMILES string of the molecule is O=C1CCC(N2Cc3cc(C(=O)NCc4ncccc4Cl)ccc3C2=O)C(=O)N1. The van der Waals surface area contributed by atoms with Crippen molar-refractivity contribution < 1.29 is 19.2 Å². The number of piperidine rings is 1. The van der Waals surface area contributed by atoms with Gasteiger partial charge >= 0.3 is 0 Å². The van der Waals surface area contributed by atoms with Crippen molar-refractivity contribution in [2.45, 2.75) is 32.0 Å². The second-order valence-corrected chi connectivity index (χ2v) is 7.29. The van der Waals surface area contributed by atoms with E-state index in [4.69, 9.17) is 11.6 Å². The molecule has 0 spiro atoms. The lowest BCUT2D eigenvalue weighted by Gasteiger charge is -2.29. The van der Waals surface area contributed by atoms with E-state index in [1.54, 1.807) is 36.5 Å². The van der Waals surface area contributed by atoms with Gasteiger partial charge in [0.25, 0.3) is 11.8 Å². The number of hydrogen-bond acceptors (Lipinski definition) is 5. The van der Waals surface area contributed by atoms with Crippen molar-refractivity contribution in [3.8, 4) is 0 Å². The Balaban J connectivity index is 1.47. The summed E-state index contributed by atoms with van der Waals surface area (Å²) >= 11 is 6.05. The molecule has 0 radical (unpaired) electrons. The summed E-state index contributed by atoms with van der Waals surface area (Å²) in [6.45, 7) is 0.393. The number of carbonyl (C=O) groups is 4. The van der Waals surface area contributed by atoms with Gasteiger partial charge in [-0.15, -0.1) is 0 Å². The normalized spacial score (nSPS) is 18.4. The lowest BCUT2D eigenvalue weighted by Crippen LogP contribution is -2.52. The molecule has 1 aromatic carbocycles. The minimum absolute atomic E-state index is 0.178. The number of benzene rings is 1. The molecule has 0 bridgehead atoms. The molecule has 1 saturated heterocycles. The van der Waals surface area contributed by atoms with Crippen molar-refractivity contribution in [2.24, 2.45) is 0 Å². The van der Waals surface area contributed by atoms with E-state index in [-0.39, 0.29) is 37.2 Å². The fraction of sp³-hybridized carbons (Fsp3) is 0.250. The zero-order valence-electron chi connectivity index (χ0n) is 15.3. The Hall–Kier alpha value is -3.26. The fourth-order valence-corrected chi connectivity index (χ4v) is 3.72. The van der Waals surface area contributed by atoms with Crippen LogP contribution in [0.3, 0.4) is 0 Å². The molecule has 4 rings (SSSR count).